The maximum atomic E-state index is 11.8. The van der Waals surface area contributed by atoms with E-state index in [1.54, 1.807) is 20.8 Å². The molecule has 0 aliphatic carbocycles. The summed E-state index contributed by atoms with van der Waals surface area (Å²) in [4.78, 5) is 35.9. The lowest BCUT2D eigenvalue weighted by molar-refractivity contribution is -0.145. The van der Waals surface area contributed by atoms with Gasteiger partial charge in [-0.15, -0.1) is 11.8 Å². The van der Waals surface area contributed by atoms with Crippen molar-refractivity contribution in [1.29, 1.82) is 0 Å². The highest BCUT2D eigenvalue weighted by Crippen LogP contribution is 2.28. The first kappa shape index (κ1) is 21.5. The van der Waals surface area contributed by atoms with Crippen molar-refractivity contribution in [2.75, 3.05) is 12.4 Å². The van der Waals surface area contributed by atoms with Gasteiger partial charge in [0.15, 0.2) is 6.61 Å². The summed E-state index contributed by atoms with van der Waals surface area (Å²) >= 11 is 4.81. The average Bonchev–Trinajstić information content (AvgIpc) is 2.45. The molecule has 0 saturated carbocycles. The molecule has 0 spiro atoms. The molecule has 3 amide bonds. The number of thioether (sulfide) groups is 1. The van der Waals surface area contributed by atoms with Gasteiger partial charge in [0.1, 0.15) is 0 Å². The molecule has 0 bridgehead atoms. The van der Waals surface area contributed by atoms with Crippen LogP contribution in [-0.4, -0.2) is 35.8 Å². The van der Waals surface area contributed by atoms with Crippen LogP contribution in [0.15, 0.2) is 21.5 Å². The van der Waals surface area contributed by atoms with Gasteiger partial charge in [0.2, 0.25) is 0 Å². The van der Waals surface area contributed by atoms with Gasteiger partial charge in [0.05, 0.1) is 5.75 Å². The average molecular weight is 431 g/mol. The van der Waals surface area contributed by atoms with Crippen molar-refractivity contribution >= 4 is 45.6 Å². The second-order valence-corrected chi connectivity index (χ2v) is 8.44. The molecule has 2 N–H and O–H groups in total. The van der Waals surface area contributed by atoms with E-state index in [1.807, 2.05) is 26.0 Å². The van der Waals surface area contributed by atoms with Crippen molar-refractivity contribution in [3.63, 3.8) is 0 Å². The molecule has 0 aromatic heterocycles. The van der Waals surface area contributed by atoms with E-state index >= 15 is 0 Å². The first-order chi connectivity index (χ1) is 11.5. The Labute approximate surface area is 160 Å². The van der Waals surface area contributed by atoms with E-state index in [4.69, 9.17) is 4.74 Å². The monoisotopic (exact) mass is 430 g/mol. The van der Waals surface area contributed by atoms with Crippen LogP contribution in [0.3, 0.4) is 0 Å². The summed E-state index contributed by atoms with van der Waals surface area (Å²) in [5.74, 6) is -1.10. The SMILES string of the molecule is Cc1cc(SCC(=O)OCC(=O)NC(=O)NC(C)(C)C)c(C)cc1Br. The number of imide groups is 1. The fraction of sp³-hybridized carbons (Fsp3) is 0.471. The number of carbonyl (C=O) groups is 3. The molecule has 1 aromatic carbocycles. The zero-order valence-electron chi connectivity index (χ0n) is 15.0. The number of benzene rings is 1. The molecule has 0 aliphatic rings. The molecule has 0 fully saturated rings. The summed E-state index contributed by atoms with van der Waals surface area (Å²) in [6, 6.07) is 3.36. The van der Waals surface area contributed by atoms with Crippen molar-refractivity contribution in [1.82, 2.24) is 10.6 Å². The lowest BCUT2D eigenvalue weighted by Gasteiger charge is -2.20. The Bertz CT molecular complexity index is 671. The molecule has 138 valence electrons. The molecule has 8 heteroatoms. The number of urea groups is 1. The summed E-state index contributed by atoms with van der Waals surface area (Å²) < 4.78 is 5.91. The number of ether oxygens (including phenoxy) is 1. The van der Waals surface area contributed by atoms with Gasteiger partial charge in [0, 0.05) is 14.9 Å². The number of rotatable bonds is 5. The Morgan fingerprint density at radius 2 is 1.80 bits per heavy atom. The standard InChI is InChI=1S/C17H23BrN2O4S/c1-10-7-13(11(2)6-12(10)18)25-9-15(22)24-8-14(21)19-16(23)20-17(3,4)5/h6-7H,8-9H2,1-5H3,(H2,19,20,21,23). The van der Waals surface area contributed by atoms with E-state index in [0.29, 0.717) is 0 Å². The van der Waals surface area contributed by atoms with Crippen molar-refractivity contribution in [3.8, 4) is 0 Å². The maximum absolute atomic E-state index is 11.8. The quantitative estimate of drug-likeness (QED) is 0.552. The maximum Gasteiger partial charge on any atom is 0.321 e. The molecule has 0 radical (unpaired) electrons. The highest BCUT2D eigenvalue weighted by molar-refractivity contribution is 9.10. The molecular weight excluding hydrogens is 408 g/mol. The minimum atomic E-state index is -0.671. The zero-order chi connectivity index (χ0) is 19.2. The molecule has 0 heterocycles. The van der Waals surface area contributed by atoms with Crippen LogP contribution in [0.1, 0.15) is 31.9 Å². The Morgan fingerprint density at radius 3 is 2.40 bits per heavy atom. The van der Waals surface area contributed by atoms with Gasteiger partial charge in [0.25, 0.3) is 5.91 Å². The van der Waals surface area contributed by atoms with Crippen LogP contribution in [-0.2, 0) is 14.3 Å². The summed E-state index contributed by atoms with van der Waals surface area (Å²) in [6.45, 7) is 8.81. The third-order valence-corrected chi connectivity index (χ3v) is 4.89. The number of halogens is 1. The van der Waals surface area contributed by atoms with Crippen molar-refractivity contribution in [2.45, 2.75) is 45.1 Å². The first-order valence-electron chi connectivity index (χ1n) is 7.65. The molecular formula is C17H23BrN2O4S. The number of amides is 3. The highest BCUT2D eigenvalue weighted by Gasteiger charge is 2.16. The summed E-state index contributed by atoms with van der Waals surface area (Å²) in [5.41, 5.74) is 1.66. The van der Waals surface area contributed by atoms with Gasteiger partial charge in [-0.3, -0.25) is 14.9 Å². The van der Waals surface area contributed by atoms with Gasteiger partial charge in [-0.25, -0.2) is 4.79 Å². The van der Waals surface area contributed by atoms with Gasteiger partial charge >= 0.3 is 12.0 Å². The van der Waals surface area contributed by atoms with Crippen molar-refractivity contribution in [2.24, 2.45) is 0 Å². The molecule has 0 saturated heterocycles. The molecule has 1 rings (SSSR count). The minimum Gasteiger partial charge on any atom is -0.455 e. The van der Waals surface area contributed by atoms with Crippen LogP contribution < -0.4 is 10.6 Å². The number of aryl methyl sites for hydroxylation is 2. The van der Waals surface area contributed by atoms with Crippen LogP contribution in [0.2, 0.25) is 0 Å². The summed E-state index contributed by atoms with van der Waals surface area (Å²) in [6.07, 6.45) is 0. The molecule has 1 aromatic rings. The van der Waals surface area contributed by atoms with Crippen LogP contribution in [0.5, 0.6) is 0 Å². The second-order valence-electron chi connectivity index (χ2n) is 6.57. The van der Waals surface area contributed by atoms with E-state index in [1.165, 1.54) is 11.8 Å². The summed E-state index contributed by atoms with van der Waals surface area (Å²) in [7, 11) is 0. The molecule has 0 atom stereocenters. The van der Waals surface area contributed by atoms with Crippen LogP contribution in [0.25, 0.3) is 0 Å². The molecule has 6 nitrogen and oxygen atoms in total. The van der Waals surface area contributed by atoms with E-state index in [9.17, 15) is 14.4 Å². The predicted molar refractivity (Wildman–Crippen MR) is 102 cm³/mol. The van der Waals surface area contributed by atoms with E-state index in [0.717, 1.165) is 20.5 Å². The topological polar surface area (TPSA) is 84.5 Å². The third-order valence-electron chi connectivity index (χ3n) is 2.91. The normalized spacial score (nSPS) is 11.0. The Hall–Kier alpha value is -1.54. The Morgan fingerprint density at radius 1 is 1.16 bits per heavy atom. The number of nitrogens with one attached hydrogen (secondary N) is 2. The molecule has 0 unspecified atom stereocenters. The lowest BCUT2D eigenvalue weighted by Crippen LogP contribution is -2.49. The largest absolute Gasteiger partial charge is 0.455 e. The Kier molecular flexibility index (Phi) is 7.95. The van der Waals surface area contributed by atoms with Gasteiger partial charge < -0.3 is 10.1 Å². The van der Waals surface area contributed by atoms with E-state index in [2.05, 4.69) is 26.6 Å². The van der Waals surface area contributed by atoms with Gasteiger partial charge in [-0.1, -0.05) is 15.9 Å². The zero-order valence-corrected chi connectivity index (χ0v) is 17.4. The highest BCUT2D eigenvalue weighted by atomic mass is 79.9. The lowest BCUT2D eigenvalue weighted by atomic mass is 10.1. The number of carbonyl (C=O) groups excluding carboxylic acids is 3. The van der Waals surface area contributed by atoms with E-state index < -0.39 is 30.1 Å². The summed E-state index contributed by atoms with van der Waals surface area (Å²) in [5, 5.41) is 4.69. The second kappa shape index (κ2) is 9.24. The fourth-order valence-corrected chi connectivity index (χ4v) is 3.13. The molecule has 25 heavy (non-hydrogen) atoms. The number of esters is 1. The van der Waals surface area contributed by atoms with Gasteiger partial charge in [-0.2, -0.15) is 0 Å². The van der Waals surface area contributed by atoms with Gasteiger partial charge in [-0.05, 0) is 57.9 Å². The van der Waals surface area contributed by atoms with Crippen molar-refractivity contribution < 1.29 is 19.1 Å². The smallest absolute Gasteiger partial charge is 0.321 e. The van der Waals surface area contributed by atoms with Crippen molar-refractivity contribution in [3.05, 3.63) is 27.7 Å². The predicted octanol–water partition coefficient (Wildman–Crippen LogP) is 3.33. The first-order valence-corrected chi connectivity index (χ1v) is 9.43. The third kappa shape index (κ3) is 8.40. The van der Waals surface area contributed by atoms with E-state index in [-0.39, 0.29) is 5.75 Å². The minimum absolute atomic E-state index is 0.0867. The van der Waals surface area contributed by atoms with Crippen LogP contribution in [0, 0.1) is 13.8 Å². The number of hydrogen-bond donors (Lipinski definition) is 2. The number of hydrogen-bond acceptors (Lipinski definition) is 5. The van der Waals surface area contributed by atoms with Crippen LogP contribution in [0.4, 0.5) is 4.79 Å². The fourth-order valence-electron chi connectivity index (χ4n) is 1.77. The molecule has 0 aliphatic heterocycles. The van der Waals surface area contributed by atoms with Crippen LogP contribution >= 0.6 is 27.7 Å². The Balaban J connectivity index is 2.39.